The van der Waals surface area contributed by atoms with Crippen molar-refractivity contribution in [2.24, 2.45) is 0 Å². The topological polar surface area (TPSA) is 105 Å². The normalized spacial score (nSPS) is 14.5. The maximum atomic E-state index is 12.9. The third-order valence-electron chi connectivity index (χ3n) is 11.7. The lowest BCUT2D eigenvalue weighted by Gasteiger charge is -2.25. The second-order valence-electron chi connectivity index (χ2n) is 19.2. The molecule has 9 heteroatoms. The van der Waals surface area contributed by atoms with E-state index < -0.39 is 20.0 Å². The van der Waals surface area contributed by atoms with E-state index in [1.54, 1.807) is 6.08 Å². The van der Waals surface area contributed by atoms with Gasteiger partial charge in [0.2, 0.25) is 5.91 Å². The fourth-order valence-corrected chi connectivity index (χ4v) is 8.19. The van der Waals surface area contributed by atoms with E-state index >= 15 is 0 Å². The van der Waals surface area contributed by atoms with Crippen molar-refractivity contribution in [2.45, 2.75) is 244 Å². The third-order valence-corrected chi connectivity index (χ3v) is 12.7. The van der Waals surface area contributed by atoms with Gasteiger partial charge in [0.15, 0.2) is 0 Å². The maximum absolute atomic E-state index is 12.9. The molecule has 0 aliphatic heterocycles. The highest BCUT2D eigenvalue weighted by molar-refractivity contribution is 7.47. The predicted octanol–water partition coefficient (Wildman–Crippen LogP) is 15.8. The van der Waals surface area contributed by atoms with E-state index in [9.17, 15) is 19.4 Å². The number of phosphoric ester groups is 1. The predicted molar refractivity (Wildman–Crippen MR) is 277 cm³/mol. The largest absolute Gasteiger partial charge is 0.472 e. The van der Waals surface area contributed by atoms with Crippen LogP contribution in [-0.2, 0) is 18.4 Å². The average Bonchev–Trinajstić information content (AvgIpc) is 3.25. The number of aliphatic hydroxyl groups is 1. The second-order valence-corrected chi connectivity index (χ2v) is 20.7. The molecule has 0 radical (unpaired) electrons. The summed E-state index contributed by atoms with van der Waals surface area (Å²) in [6.45, 7) is 4.78. The average molecular weight is 920 g/mol. The van der Waals surface area contributed by atoms with Gasteiger partial charge in [0.1, 0.15) is 13.2 Å². The second kappa shape index (κ2) is 46.3. The molecule has 1 amide bonds. The molecule has 0 spiro atoms. The highest BCUT2D eigenvalue weighted by atomic mass is 31.2. The van der Waals surface area contributed by atoms with Crippen molar-refractivity contribution in [3.63, 3.8) is 0 Å². The van der Waals surface area contributed by atoms with Gasteiger partial charge in [-0.25, -0.2) is 4.57 Å². The molecule has 374 valence electrons. The number of carbonyl (C=O) groups is 1. The number of nitrogens with zero attached hydrogens (tertiary/aromatic N) is 1. The van der Waals surface area contributed by atoms with Crippen LogP contribution in [0.1, 0.15) is 232 Å². The summed E-state index contributed by atoms with van der Waals surface area (Å²) in [6, 6.07) is -0.876. The van der Waals surface area contributed by atoms with E-state index in [-0.39, 0.29) is 19.1 Å². The number of unbranched alkanes of at least 4 members (excludes halogenated alkanes) is 27. The molecule has 3 N–H and O–H groups in total. The number of allylic oxidation sites excluding steroid dienone is 9. The molecule has 3 atom stereocenters. The van der Waals surface area contributed by atoms with E-state index in [2.05, 4.69) is 67.8 Å². The smallest absolute Gasteiger partial charge is 0.387 e. The van der Waals surface area contributed by atoms with E-state index in [1.807, 2.05) is 27.2 Å². The maximum Gasteiger partial charge on any atom is 0.472 e. The van der Waals surface area contributed by atoms with Gasteiger partial charge in [-0.1, -0.05) is 209 Å². The summed E-state index contributed by atoms with van der Waals surface area (Å²) in [6.07, 6.45) is 61.7. The van der Waals surface area contributed by atoms with Gasteiger partial charge in [-0.3, -0.25) is 13.8 Å². The lowest BCUT2D eigenvalue weighted by Crippen LogP contribution is -2.45. The molecule has 0 aromatic carbocycles. The monoisotopic (exact) mass is 920 g/mol. The number of rotatable bonds is 48. The van der Waals surface area contributed by atoms with E-state index in [0.717, 1.165) is 57.8 Å². The third kappa shape index (κ3) is 48.1. The zero-order chi connectivity index (χ0) is 47.1. The number of hydrogen-bond acceptors (Lipinski definition) is 5. The van der Waals surface area contributed by atoms with Gasteiger partial charge in [-0.15, -0.1) is 0 Å². The summed E-state index contributed by atoms with van der Waals surface area (Å²) in [5, 5.41) is 13.9. The molecule has 0 rings (SSSR count). The van der Waals surface area contributed by atoms with Gasteiger partial charge < -0.3 is 19.8 Å². The van der Waals surface area contributed by atoms with Gasteiger partial charge in [0, 0.05) is 6.42 Å². The Morgan fingerprint density at radius 1 is 0.531 bits per heavy atom. The first kappa shape index (κ1) is 62.2. The van der Waals surface area contributed by atoms with Crippen LogP contribution >= 0.6 is 7.82 Å². The first-order chi connectivity index (χ1) is 31.0. The lowest BCUT2D eigenvalue weighted by atomic mass is 10.1. The summed E-state index contributed by atoms with van der Waals surface area (Å²) in [5.41, 5.74) is 0. The first-order valence-corrected chi connectivity index (χ1v) is 28.2. The van der Waals surface area contributed by atoms with Crippen LogP contribution in [0, 0.1) is 0 Å². The zero-order valence-electron chi connectivity index (χ0n) is 42.5. The number of aliphatic hydroxyl groups excluding tert-OH is 1. The van der Waals surface area contributed by atoms with Crippen LogP contribution in [0.5, 0.6) is 0 Å². The number of likely N-dealkylation sites (N-methyl/N-ethyl adjacent to an activating group) is 1. The highest BCUT2D eigenvalue weighted by Gasteiger charge is 2.27. The number of quaternary nitrogens is 1. The summed E-state index contributed by atoms with van der Waals surface area (Å²) in [4.78, 5) is 23.2. The van der Waals surface area contributed by atoms with E-state index in [0.29, 0.717) is 17.4 Å². The van der Waals surface area contributed by atoms with Gasteiger partial charge in [0.05, 0.1) is 39.9 Å². The summed E-state index contributed by atoms with van der Waals surface area (Å²) in [7, 11) is 1.54. The number of carbonyl (C=O) groups excluding carboxylic acids is 1. The molecule has 0 aliphatic rings. The SMILES string of the molecule is CCCCCCCCCCC/C=C\C/C=C\CCCCCCCCCC(=O)NC(COP(=O)(O)OCC[N+](C)(C)C)C(O)/C=C/CC/C=C/CC/C=C/CCCCCCCCCCC. The first-order valence-electron chi connectivity index (χ1n) is 26.7. The molecule has 0 aromatic heterocycles. The van der Waals surface area contributed by atoms with Crippen LogP contribution in [0.25, 0.3) is 0 Å². The van der Waals surface area contributed by atoms with Gasteiger partial charge in [-0.2, -0.15) is 0 Å². The van der Waals surface area contributed by atoms with Gasteiger partial charge in [0.25, 0.3) is 0 Å². The Morgan fingerprint density at radius 2 is 0.906 bits per heavy atom. The van der Waals surface area contributed by atoms with Crippen LogP contribution in [0.2, 0.25) is 0 Å². The van der Waals surface area contributed by atoms with Crippen LogP contribution in [-0.4, -0.2) is 73.4 Å². The van der Waals surface area contributed by atoms with Crippen LogP contribution in [0.4, 0.5) is 0 Å². The summed E-state index contributed by atoms with van der Waals surface area (Å²) < 4.78 is 23.6. The standard InChI is InChI=1S/C55H103N2O6P/c1-6-8-10-12-14-16-18-20-22-24-26-27-28-29-31-33-35-37-39-41-43-45-47-49-55(59)56-53(52-63-64(60,61)62-51-50-57(3,4)5)54(58)48-46-44-42-40-38-36-34-32-30-25-23-21-19-17-15-13-11-9-7-2/h26-27,29-32,38,40,46,48,53-54,58H,6-25,28,33-37,39,41-45,47,49-52H2,1-5H3,(H-,56,59,60,61)/p+1/b27-26-,31-29-,32-30+,40-38+,48-46+. The number of phosphoric acid groups is 1. The Labute approximate surface area is 396 Å². The fraction of sp³-hybridized carbons (Fsp3) is 0.800. The summed E-state index contributed by atoms with van der Waals surface area (Å²) >= 11 is 0. The number of nitrogens with one attached hydrogen (secondary N) is 1. The summed E-state index contributed by atoms with van der Waals surface area (Å²) in [5.74, 6) is -0.199. The molecule has 0 fully saturated rings. The van der Waals surface area contributed by atoms with E-state index in [1.165, 1.54) is 154 Å². The molecule has 0 heterocycles. The minimum Gasteiger partial charge on any atom is -0.387 e. The number of amides is 1. The van der Waals surface area contributed by atoms with Crippen molar-refractivity contribution in [3.05, 3.63) is 60.8 Å². The zero-order valence-corrected chi connectivity index (χ0v) is 43.4. The van der Waals surface area contributed by atoms with Gasteiger partial charge >= 0.3 is 7.82 Å². The van der Waals surface area contributed by atoms with Crippen LogP contribution < -0.4 is 5.32 Å². The quantitative estimate of drug-likeness (QED) is 0.0243. The molecule has 0 saturated carbocycles. The fourth-order valence-electron chi connectivity index (χ4n) is 7.46. The minimum atomic E-state index is -4.36. The van der Waals surface area contributed by atoms with Crippen molar-refractivity contribution in [1.82, 2.24) is 5.32 Å². The Kier molecular flexibility index (Phi) is 45.0. The molecular weight excluding hydrogens is 816 g/mol. The minimum absolute atomic E-state index is 0.0499. The van der Waals surface area contributed by atoms with E-state index in [4.69, 9.17) is 9.05 Å². The van der Waals surface area contributed by atoms with Crippen LogP contribution in [0.3, 0.4) is 0 Å². The van der Waals surface area contributed by atoms with Crippen molar-refractivity contribution < 1.29 is 32.9 Å². The molecule has 0 saturated heterocycles. The Balaban J connectivity index is 4.37. The molecule has 8 nitrogen and oxygen atoms in total. The molecule has 0 aromatic rings. The van der Waals surface area contributed by atoms with Crippen molar-refractivity contribution in [3.8, 4) is 0 Å². The Bertz CT molecular complexity index is 1230. The molecular formula is C55H104N2O6P+. The van der Waals surface area contributed by atoms with Gasteiger partial charge in [-0.05, 0) is 77.0 Å². The Hall–Kier alpha value is -1.80. The molecule has 0 bridgehead atoms. The van der Waals surface area contributed by atoms with Crippen LogP contribution in [0.15, 0.2) is 60.8 Å². The van der Waals surface area contributed by atoms with Crippen molar-refractivity contribution in [2.75, 3.05) is 40.9 Å². The Morgan fingerprint density at radius 3 is 1.34 bits per heavy atom. The molecule has 64 heavy (non-hydrogen) atoms. The molecule has 3 unspecified atom stereocenters. The van der Waals surface area contributed by atoms with Crippen molar-refractivity contribution >= 4 is 13.7 Å². The van der Waals surface area contributed by atoms with Crippen molar-refractivity contribution in [1.29, 1.82) is 0 Å². The lowest BCUT2D eigenvalue weighted by molar-refractivity contribution is -0.870. The highest BCUT2D eigenvalue weighted by Crippen LogP contribution is 2.43. The number of hydrogen-bond donors (Lipinski definition) is 3. The molecule has 0 aliphatic carbocycles.